The van der Waals surface area contributed by atoms with Gasteiger partial charge in [-0.2, -0.15) is 13.2 Å². The molecule has 32 heavy (non-hydrogen) atoms. The lowest BCUT2D eigenvalue weighted by Gasteiger charge is -2.31. The minimum atomic E-state index is -4.47. The fourth-order valence-corrected chi connectivity index (χ4v) is 5.10. The Bertz CT molecular complexity index is 1100. The van der Waals surface area contributed by atoms with Crippen molar-refractivity contribution < 1.29 is 22.8 Å². The number of hydrogen-bond donors (Lipinski definition) is 1. The quantitative estimate of drug-likeness (QED) is 0.652. The molecule has 3 heterocycles. The van der Waals surface area contributed by atoms with Crippen LogP contribution in [0, 0.1) is 0 Å². The molecule has 4 rings (SSSR count). The molecule has 0 spiro atoms. The van der Waals surface area contributed by atoms with Gasteiger partial charge in [0.15, 0.2) is 0 Å². The average Bonchev–Trinajstić information content (AvgIpc) is 3.19. The van der Waals surface area contributed by atoms with E-state index in [-0.39, 0.29) is 11.6 Å². The van der Waals surface area contributed by atoms with Gasteiger partial charge in [0.05, 0.1) is 16.2 Å². The number of thioether (sulfide) groups is 1. The van der Waals surface area contributed by atoms with E-state index in [1.54, 1.807) is 18.2 Å². The summed E-state index contributed by atoms with van der Waals surface area (Å²) < 4.78 is 38.7. The molecule has 1 N–H and O–H groups in total. The number of nitrogens with one attached hydrogen (secondary N) is 1. The number of likely N-dealkylation sites (N-methyl/N-ethyl adjacent to an activating group) is 1. The molecule has 168 valence electrons. The van der Waals surface area contributed by atoms with Gasteiger partial charge >= 0.3 is 6.18 Å². The second-order valence-corrected chi connectivity index (χ2v) is 9.54. The van der Waals surface area contributed by atoms with E-state index in [1.165, 1.54) is 17.4 Å². The summed E-state index contributed by atoms with van der Waals surface area (Å²) in [7, 11) is 2.03. The van der Waals surface area contributed by atoms with Crippen molar-refractivity contribution in [2.75, 3.05) is 38.5 Å². The maximum absolute atomic E-state index is 12.9. The van der Waals surface area contributed by atoms with Gasteiger partial charge in [0.2, 0.25) is 5.91 Å². The molecular weight excluding hydrogens is 459 g/mol. The molecule has 2 amide bonds. The lowest BCUT2D eigenvalue weighted by molar-refractivity contribution is -0.137. The Labute approximate surface area is 191 Å². The van der Waals surface area contributed by atoms with E-state index in [2.05, 4.69) is 10.2 Å². The number of piperazine rings is 1. The zero-order valence-electron chi connectivity index (χ0n) is 17.1. The predicted molar refractivity (Wildman–Crippen MR) is 121 cm³/mol. The Morgan fingerprint density at radius 2 is 1.91 bits per heavy atom. The first-order valence-electron chi connectivity index (χ1n) is 9.85. The number of fused-ring (bicyclic) bond motifs is 1. The zero-order chi connectivity index (χ0) is 22.9. The molecule has 1 aromatic carbocycles. The number of nitrogens with zero attached hydrogens (tertiary/aromatic N) is 2. The summed E-state index contributed by atoms with van der Waals surface area (Å²) in [4.78, 5) is 30.5. The van der Waals surface area contributed by atoms with Gasteiger partial charge in [-0.3, -0.25) is 9.59 Å². The molecule has 1 saturated heterocycles. The van der Waals surface area contributed by atoms with E-state index in [4.69, 9.17) is 0 Å². The molecule has 2 aromatic rings. The van der Waals surface area contributed by atoms with E-state index >= 15 is 0 Å². The van der Waals surface area contributed by atoms with Crippen LogP contribution in [-0.2, 0) is 15.8 Å². The number of carbonyl (C=O) groups is 2. The lowest BCUT2D eigenvalue weighted by atomic mass is 10.2. The molecule has 0 saturated carbocycles. The maximum atomic E-state index is 12.9. The molecular formula is C22H20F3N3O2S2. The van der Waals surface area contributed by atoms with Crippen molar-refractivity contribution in [1.82, 2.24) is 9.80 Å². The molecule has 2 aliphatic rings. The molecule has 5 nitrogen and oxygen atoms in total. The van der Waals surface area contributed by atoms with Gasteiger partial charge in [0.1, 0.15) is 0 Å². The van der Waals surface area contributed by atoms with Crippen molar-refractivity contribution in [3.63, 3.8) is 0 Å². The smallest absolute Gasteiger partial charge is 0.337 e. The van der Waals surface area contributed by atoms with Gasteiger partial charge in [0.25, 0.3) is 5.91 Å². The number of thiophene rings is 1. The lowest BCUT2D eigenvalue weighted by Crippen LogP contribution is -2.46. The first-order chi connectivity index (χ1) is 15.2. The van der Waals surface area contributed by atoms with Gasteiger partial charge in [-0.05, 0) is 54.4 Å². The Morgan fingerprint density at radius 3 is 2.62 bits per heavy atom. The highest BCUT2D eigenvalue weighted by molar-refractivity contribution is 8.04. The first-order valence-corrected chi connectivity index (χ1v) is 11.5. The van der Waals surface area contributed by atoms with Gasteiger partial charge < -0.3 is 15.1 Å². The van der Waals surface area contributed by atoms with Gasteiger partial charge in [-0.1, -0.05) is 11.8 Å². The van der Waals surface area contributed by atoms with Gasteiger partial charge in [0, 0.05) is 42.0 Å². The summed E-state index contributed by atoms with van der Waals surface area (Å²) in [5.74, 6) is -0.473. The highest BCUT2D eigenvalue weighted by Gasteiger charge is 2.32. The number of carbonyl (C=O) groups excluding carboxylic acids is 2. The monoisotopic (exact) mass is 479 g/mol. The largest absolute Gasteiger partial charge is 0.416 e. The third-order valence-electron chi connectivity index (χ3n) is 5.15. The first kappa shape index (κ1) is 22.6. The summed E-state index contributed by atoms with van der Waals surface area (Å²) in [5, 5.41) is 4.42. The number of benzene rings is 1. The molecule has 0 unspecified atom stereocenters. The number of anilines is 1. The molecule has 0 radical (unpaired) electrons. The molecule has 2 aliphatic heterocycles. The summed E-state index contributed by atoms with van der Waals surface area (Å²) >= 11 is 2.55. The summed E-state index contributed by atoms with van der Waals surface area (Å²) in [5.41, 5.74) is 0.204. The number of alkyl halides is 3. The fraction of sp³-hybridized carbons (Fsp3) is 0.273. The SMILES string of the molecule is CN1CCN(C(=O)/C=C/c2csc(/C=C3/Sc4ccc(C(F)(F)F)cc4NC3=O)c2)CC1. The number of amides is 2. The highest BCUT2D eigenvalue weighted by atomic mass is 32.2. The van der Waals surface area contributed by atoms with E-state index in [9.17, 15) is 22.8 Å². The minimum absolute atomic E-state index is 0.0266. The molecule has 0 atom stereocenters. The van der Waals surface area contributed by atoms with Crippen molar-refractivity contribution in [1.29, 1.82) is 0 Å². The van der Waals surface area contributed by atoms with Crippen LogP contribution in [-0.4, -0.2) is 54.8 Å². The van der Waals surface area contributed by atoms with E-state index in [1.807, 2.05) is 23.4 Å². The molecule has 1 fully saturated rings. The summed E-state index contributed by atoms with van der Waals surface area (Å²) in [6.07, 6.45) is 0.542. The Hall–Kier alpha value is -2.56. The predicted octanol–water partition coefficient (Wildman–Crippen LogP) is 4.64. The van der Waals surface area contributed by atoms with Crippen LogP contribution < -0.4 is 5.32 Å². The second-order valence-electron chi connectivity index (χ2n) is 7.52. The fourth-order valence-electron chi connectivity index (χ4n) is 3.30. The number of hydrogen-bond acceptors (Lipinski definition) is 5. The van der Waals surface area contributed by atoms with Crippen molar-refractivity contribution in [3.8, 4) is 0 Å². The molecule has 0 aliphatic carbocycles. The molecule has 0 bridgehead atoms. The Kier molecular flexibility index (Phi) is 6.45. The number of halogens is 3. The van der Waals surface area contributed by atoms with Crippen LogP contribution in [0.1, 0.15) is 16.0 Å². The maximum Gasteiger partial charge on any atom is 0.416 e. The Balaban J connectivity index is 1.44. The summed E-state index contributed by atoms with van der Waals surface area (Å²) in [6.45, 7) is 3.13. The van der Waals surface area contributed by atoms with Crippen LogP contribution in [0.15, 0.2) is 45.5 Å². The van der Waals surface area contributed by atoms with Crippen LogP contribution in [0.5, 0.6) is 0 Å². The standard InChI is InChI=1S/C22H20F3N3O2S2/c1-27-6-8-28(9-7-27)20(29)5-2-14-10-16(31-13-14)12-19-21(30)26-17-11-15(22(23,24)25)3-4-18(17)32-19/h2-5,10-13H,6-9H2,1H3,(H,26,30)/b5-2+,19-12+. The van der Waals surface area contributed by atoms with Crippen molar-refractivity contribution >= 4 is 52.8 Å². The number of rotatable bonds is 3. The molecule has 10 heteroatoms. The molecule has 1 aromatic heterocycles. The van der Waals surface area contributed by atoms with Crippen LogP contribution in [0.25, 0.3) is 12.2 Å². The topological polar surface area (TPSA) is 52.6 Å². The minimum Gasteiger partial charge on any atom is -0.337 e. The normalized spacial score (nSPS) is 18.8. The van der Waals surface area contributed by atoms with E-state index < -0.39 is 17.6 Å². The van der Waals surface area contributed by atoms with Crippen molar-refractivity contribution in [3.05, 3.63) is 56.6 Å². The zero-order valence-corrected chi connectivity index (χ0v) is 18.7. The van der Waals surface area contributed by atoms with Crippen molar-refractivity contribution in [2.24, 2.45) is 0 Å². The van der Waals surface area contributed by atoms with Crippen LogP contribution in [0.4, 0.5) is 18.9 Å². The van der Waals surface area contributed by atoms with Crippen LogP contribution in [0.2, 0.25) is 0 Å². The Morgan fingerprint density at radius 1 is 1.16 bits per heavy atom. The highest BCUT2D eigenvalue weighted by Crippen LogP contribution is 2.42. The summed E-state index contributed by atoms with van der Waals surface area (Å²) in [6, 6.07) is 5.18. The van der Waals surface area contributed by atoms with E-state index in [0.29, 0.717) is 22.9 Å². The average molecular weight is 480 g/mol. The second kappa shape index (κ2) is 9.13. The van der Waals surface area contributed by atoms with Gasteiger partial charge in [-0.25, -0.2) is 0 Å². The van der Waals surface area contributed by atoms with Crippen LogP contribution in [0.3, 0.4) is 0 Å². The third kappa shape index (κ3) is 5.25. The van der Waals surface area contributed by atoms with Crippen molar-refractivity contribution in [2.45, 2.75) is 11.1 Å². The third-order valence-corrected chi connectivity index (χ3v) is 7.14. The van der Waals surface area contributed by atoms with E-state index in [0.717, 1.165) is 47.4 Å². The van der Waals surface area contributed by atoms with Gasteiger partial charge in [-0.15, -0.1) is 11.3 Å². The van der Waals surface area contributed by atoms with Crippen LogP contribution >= 0.6 is 23.1 Å².